The van der Waals surface area contributed by atoms with Gasteiger partial charge >= 0.3 is 0 Å². The molecule has 0 aliphatic rings. The zero-order chi connectivity index (χ0) is 15.2. The maximum absolute atomic E-state index is 12.2. The number of hydrogen-bond donors (Lipinski definition) is 1. The molecule has 1 unspecified atom stereocenters. The number of nitrogens with zero attached hydrogens (tertiary/aromatic N) is 1. The topological polar surface area (TPSA) is 52.9 Å². The van der Waals surface area contributed by atoms with Crippen molar-refractivity contribution in [3.8, 4) is 6.07 Å². The van der Waals surface area contributed by atoms with E-state index in [0.29, 0.717) is 17.1 Å². The Kier molecular flexibility index (Phi) is 5.59. The molecule has 0 saturated heterocycles. The molecule has 0 fully saturated rings. The Bertz CT molecular complexity index is 682. The summed E-state index contributed by atoms with van der Waals surface area (Å²) in [6.07, 6.45) is 0.380. The van der Waals surface area contributed by atoms with E-state index in [0.717, 1.165) is 9.13 Å². The van der Waals surface area contributed by atoms with Crippen LogP contribution in [0.15, 0.2) is 48.5 Å². The number of benzene rings is 2. The molecule has 0 aromatic heterocycles. The highest BCUT2D eigenvalue weighted by atomic mass is 127. The Morgan fingerprint density at radius 1 is 1.29 bits per heavy atom. The smallest absolute Gasteiger partial charge is 0.242 e. The molecule has 2 aromatic rings. The molecule has 0 saturated carbocycles. The number of nitriles is 1. The van der Waals surface area contributed by atoms with E-state index in [2.05, 4.69) is 27.9 Å². The van der Waals surface area contributed by atoms with Crippen molar-refractivity contribution in [1.29, 1.82) is 5.26 Å². The first kappa shape index (κ1) is 15.8. The molecule has 106 valence electrons. The average molecular weight is 411 g/mol. The maximum atomic E-state index is 12.2. The summed E-state index contributed by atoms with van der Waals surface area (Å²) >= 11 is 8.22. The van der Waals surface area contributed by atoms with Crippen LogP contribution in [0.4, 0.5) is 5.69 Å². The highest BCUT2D eigenvalue weighted by Crippen LogP contribution is 2.24. The fourth-order valence-corrected chi connectivity index (χ4v) is 2.76. The second-order valence-corrected chi connectivity index (χ2v) is 6.14. The van der Waals surface area contributed by atoms with Crippen molar-refractivity contribution in [3.63, 3.8) is 0 Å². The third-order valence-electron chi connectivity index (χ3n) is 2.94. The molecule has 0 radical (unpaired) electrons. The van der Waals surface area contributed by atoms with E-state index < -0.39 is 5.92 Å². The van der Waals surface area contributed by atoms with Gasteiger partial charge in [0.2, 0.25) is 5.91 Å². The van der Waals surface area contributed by atoms with Gasteiger partial charge < -0.3 is 5.32 Å². The standard InChI is InChI=1S/C16H12ClIN2O/c17-14-9-13(18)6-7-15(14)20-16(21)12(10-19)8-11-4-2-1-3-5-11/h1-7,9,12H,8H2,(H,20,21). The summed E-state index contributed by atoms with van der Waals surface area (Å²) in [6, 6.07) is 16.9. The molecule has 2 aromatic carbocycles. The van der Waals surface area contributed by atoms with Gasteiger partial charge in [-0.15, -0.1) is 0 Å². The Hall–Kier alpha value is -1.58. The van der Waals surface area contributed by atoms with Gasteiger partial charge in [0.1, 0.15) is 5.92 Å². The van der Waals surface area contributed by atoms with Crippen LogP contribution in [0.1, 0.15) is 5.56 Å². The molecule has 1 amide bonds. The highest BCUT2D eigenvalue weighted by Gasteiger charge is 2.19. The first-order valence-electron chi connectivity index (χ1n) is 6.29. The van der Waals surface area contributed by atoms with Crippen LogP contribution in [0.25, 0.3) is 0 Å². The molecule has 2 rings (SSSR count). The monoisotopic (exact) mass is 410 g/mol. The van der Waals surface area contributed by atoms with E-state index in [-0.39, 0.29) is 5.91 Å². The predicted molar refractivity (Wildman–Crippen MR) is 92.0 cm³/mol. The Balaban J connectivity index is 2.09. The lowest BCUT2D eigenvalue weighted by Gasteiger charge is -2.11. The van der Waals surface area contributed by atoms with Crippen molar-refractivity contribution in [2.24, 2.45) is 5.92 Å². The normalized spacial score (nSPS) is 11.5. The van der Waals surface area contributed by atoms with Gasteiger partial charge in [-0.3, -0.25) is 4.79 Å². The van der Waals surface area contributed by atoms with Crippen LogP contribution < -0.4 is 5.32 Å². The molecule has 1 N–H and O–H groups in total. The lowest BCUT2D eigenvalue weighted by Crippen LogP contribution is -2.23. The van der Waals surface area contributed by atoms with Crippen molar-refractivity contribution in [2.75, 3.05) is 5.32 Å². The third kappa shape index (κ3) is 4.45. The number of carbonyl (C=O) groups excluding carboxylic acids is 1. The van der Waals surface area contributed by atoms with Crippen LogP contribution >= 0.6 is 34.2 Å². The van der Waals surface area contributed by atoms with E-state index in [1.165, 1.54) is 0 Å². The molecule has 0 bridgehead atoms. The molecule has 0 spiro atoms. The van der Waals surface area contributed by atoms with Crippen molar-refractivity contribution in [3.05, 3.63) is 62.7 Å². The first-order valence-corrected chi connectivity index (χ1v) is 7.75. The highest BCUT2D eigenvalue weighted by molar-refractivity contribution is 14.1. The SMILES string of the molecule is N#CC(Cc1ccccc1)C(=O)Nc1ccc(I)cc1Cl. The molecule has 0 heterocycles. The molecule has 1 atom stereocenters. The molecule has 0 aliphatic carbocycles. The van der Waals surface area contributed by atoms with Crippen LogP contribution in [0.3, 0.4) is 0 Å². The van der Waals surface area contributed by atoms with Gasteiger partial charge in [-0.25, -0.2) is 0 Å². The second-order valence-electron chi connectivity index (χ2n) is 4.48. The van der Waals surface area contributed by atoms with Gasteiger partial charge in [0.25, 0.3) is 0 Å². The van der Waals surface area contributed by atoms with Crippen LogP contribution in [0, 0.1) is 20.8 Å². The molecular formula is C16H12ClIN2O. The Morgan fingerprint density at radius 2 is 2.00 bits per heavy atom. The average Bonchev–Trinajstić information content (AvgIpc) is 2.48. The summed E-state index contributed by atoms with van der Waals surface area (Å²) in [7, 11) is 0. The van der Waals surface area contributed by atoms with E-state index >= 15 is 0 Å². The maximum Gasteiger partial charge on any atom is 0.242 e. The van der Waals surface area contributed by atoms with Gasteiger partial charge in [0.15, 0.2) is 0 Å². The van der Waals surface area contributed by atoms with E-state index in [1.807, 2.05) is 42.5 Å². The number of nitrogens with one attached hydrogen (secondary N) is 1. The summed E-state index contributed by atoms with van der Waals surface area (Å²) in [4.78, 5) is 12.2. The van der Waals surface area contributed by atoms with Crippen LogP contribution in [0.2, 0.25) is 5.02 Å². The van der Waals surface area contributed by atoms with Crippen LogP contribution in [-0.4, -0.2) is 5.91 Å². The van der Waals surface area contributed by atoms with E-state index in [4.69, 9.17) is 11.6 Å². The second kappa shape index (κ2) is 7.43. The van der Waals surface area contributed by atoms with Crippen molar-refractivity contribution < 1.29 is 4.79 Å². The van der Waals surface area contributed by atoms with Crippen molar-refractivity contribution in [1.82, 2.24) is 0 Å². The van der Waals surface area contributed by atoms with Gasteiger partial charge in [0, 0.05) is 3.57 Å². The number of carbonyl (C=O) groups is 1. The van der Waals surface area contributed by atoms with Crippen LogP contribution in [-0.2, 0) is 11.2 Å². The minimum absolute atomic E-state index is 0.343. The zero-order valence-electron chi connectivity index (χ0n) is 11.0. The third-order valence-corrected chi connectivity index (χ3v) is 3.93. The van der Waals surface area contributed by atoms with Crippen molar-refractivity contribution in [2.45, 2.75) is 6.42 Å². The predicted octanol–water partition coefficient (Wildman–Crippen LogP) is 4.27. The largest absolute Gasteiger partial charge is 0.324 e. The first-order chi connectivity index (χ1) is 10.1. The minimum Gasteiger partial charge on any atom is -0.324 e. The number of anilines is 1. The van der Waals surface area contributed by atoms with E-state index in [9.17, 15) is 10.1 Å². The summed E-state index contributed by atoms with van der Waals surface area (Å²) in [6.45, 7) is 0. The van der Waals surface area contributed by atoms with Crippen molar-refractivity contribution >= 4 is 45.8 Å². The fraction of sp³-hybridized carbons (Fsp3) is 0.125. The molecule has 3 nitrogen and oxygen atoms in total. The Labute approximate surface area is 142 Å². The number of rotatable bonds is 4. The lowest BCUT2D eigenvalue weighted by molar-refractivity contribution is -0.118. The zero-order valence-corrected chi connectivity index (χ0v) is 13.9. The molecule has 21 heavy (non-hydrogen) atoms. The lowest BCUT2D eigenvalue weighted by atomic mass is 10.00. The number of hydrogen-bond acceptors (Lipinski definition) is 2. The number of amides is 1. The summed E-state index contributed by atoms with van der Waals surface area (Å²) in [5.74, 6) is -1.09. The van der Waals surface area contributed by atoms with Gasteiger partial charge in [-0.05, 0) is 52.8 Å². The van der Waals surface area contributed by atoms with E-state index in [1.54, 1.807) is 12.1 Å². The summed E-state index contributed by atoms with van der Waals surface area (Å²) < 4.78 is 0.983. The van der Waals surface area contributed by atoms with Crippen LogP contribution in [0.5, 0.6) is 0 Å². The summed E-state index contributed by atoms with van der Waals surface area (Å²) in [5, 5.41) is 12.4. The molecule has 0 aliphatic heterocycles. The van der Waals surface area contributed by atoms with Gasteiger partial charge in [-0.2, -0.15) is 5.26 Å². The fourth-order valence-electron chi connectivity index (χ4n) is 1.86. The molecule has 5 heteroatoms. The Morgan fingerprint density at radius 3 is 2.62 bits per heavy atom. The minimum atomic E-state index is -0.747. The summed E-state index contributed by atoms with van der Waals surface area (Å²) in [5.41, 5.74) is 1.48. The quantitative estimate of drug-likeness (QED) is 0.766. The number of halogens is 2. The molecular weight excluding hydrogens is 399 g/mol. The van der Waals surface area contributed by atoms with Gasteiger partial charge in [0.05, 0.1) is 16.8 Å². The van der Waals surface area contributed by atoms with Gasteiger partial charge in [-0.1, -0.05) is 41.9 Å².